The molecule has 0 saturated heterocycles. The predicted octanol–water partition coefficient (Wildman–Crippen LogP) is 3.64. The van der Waals surface area contributed by atoms with E-state index in [4.69, 9.17) is 11.6 Å². The van der Waals surface area contributed by atoms with Crippen molar-refractivity contribution in [3.63, 3.8) is 0 Å². The summed E-state index contributed by atoms with van der Waals surface area (Å²) in [5.74, 6) is 0.0390. The number of thiazole rings is 1. The van der Waals surface area contributed by atoms with Crippen molar-refractivity contribution in [2.75, 3.05) is 26.2 Å². The molecule has 0 saturated carbocycles. The lowest BCUT2D eigenvalue weighted by Crippen LogP contribution is -2.37. The fourth-order valence-corrected chi connectivity index (χ4v) is 6.63. The SMILES string of the molecule is Cc1nc2ccc(S(=O)(=O)N3CC4=C(CN(C(=O)Cc5ccc(Cl)cc5)C4)C3)cc2s1. The van der Waals surface area contributed by atoms with Gasteiger partial charge < -0.3 is 4.90 Å². The molecule has 3 aromatic rings. The van der Waals surface area contributed by atoms with Gasteiger partial charge in [-0.1, -0.05) is 23.7 Å². The topological polar surface area (TPSA) is 70.6 Å². The number of benzene rings is 2. The van der Waals surface area contributed by atoms with Crippen LogP contribution in [0.1, 0.15) is 10.6 Å². The first kappa shape index (κ1) is 20.6. The van der Waals surface area contributed by atoms with E-state index in [1.807, 2.05) is 19.1 Å². The standard InChI is InChI=1S/C22H20ClN3O3S2/c1-14-24-20-7-6-19(9-21(20)30-14)31(28,29)26-12-16-10-25(11-17(16)13-26)22(27)8-15-2-4-18(23)5-3-15/h2-7,9H,8,10-13H2,1H3. The van der Waals surface area contributed by atoms with E-state index in [9.17, 15) is 13.2 Å². The number of nitrogens with zero attached hydrogens (tertiary/aromatic N) is 3. The molecular weight excluding hydrogens is 454 g/mol. The second-order valence-electron chi connectivity index (χ2n) is 7.90. The molecule has 0 N–H and O–H groups in total. The first-order chi connectivity index (χ1) is 14.8. The number of hydrogen-bond donors (Lipinski definition) is 0. The number of rotatable bonds is 4. The number of halogens is 1. The number of carbonyl (C=O) groups is 1. The van der Waals surface area contributed by atoms with Gasteiger partial charge >= 0.3 is 0 Å². The number of fused-ring (bicyclic) bond motifs is 1. The Kier molecular flexibility index (Phi) is 5.13. The van der Waals surface area contributed by atoms with E-state index < -0.39 is 10.0 Å². The first-order valence-electron chi connectivity index (χ1n) is 9.89. The molecule has 0 unspecified atom stereocenters. The largest absolute Gasteiger partial charge is 0.334 e. The summed E-state index contributed by atoms with van der Waals surface area (Å²) in [4.78, 5) is 19.2. The molecule has 0 bridgehead atoms. The monoisotopic (exact) mass is 473 g/mol. The summed E-state index contributed by atoms with van der Waals surface area (Å²) < 4.78 is 28.8. The van der Waals surface area contributed by atoms with E-state index in [-0.39, 0.29) is 5.91 Å². The Hall–Kier alpha value is -2.26. The molecule has 3 heterocycles. The van der Waals surface area contributed by atoms with Crippen LogP contribution in [0.25, 0.3) is 10.2 Å². The zero-order valence-corrected chi connectivity index (χ0v) is 19.2. The summed E-state index contributed by atoms with van der Waals surface area (Å²) >= 11 is 7.40. The van der Waals surface area contributed by atoms with E-state index in [1.165, 1.54) is 15.6 Å². The maximum atomic E-state index is 13.2. The molecule has 31 heavy (non-hydrogen) atoms. The zero-order chi connectivity index (χ0) is 21.8. The van der Waals surface area contributed by atoms with Gasteiger partial charge in [0.05, 0.1) is 26.5 Å². The third-order valence-corrected chi connectivity index (χ3v) is 8.70. The fraction of sp³-hybridized carbons (Fsp3) is 0.273. The summed E-state index contributed by atoms with van der Waals surface area (Å²) in [6, 6.07) is 12.4. The summed E-state index contributed by atoms with van der Waals surface area (Å²) in [6.45, 7) is 3.56. The van der Waals surface area contributed by atoms with Crippen molar-refractivity contribution in [1.82, 2.24) is 14.2 Å². The van der Waals surface area contributed by atoms with Crippen molar-refractivity contribution in [3.8, 4) is 0 Å². The van der Waals surface area contributed by atoms with E-state index in [0.29, 0.717) is 42.5 Å². The summed E-state index contributed by atoms with van der Waals surface area (Å²) in [6.07, 6.45) is 0.314. The Morgan fingerprint density at radius 3 is 2.42 bits per heavy atom. The average Bonchev–Trinajstić information content (AvgIpc) is 3.41. The molecule has 1 aromatic heterocycles. The van der Waals surface area contributed by atoms with Gasteiger partial charge in [0.2, 0.25) is 15.9 Å². The molecule has 0 spiro atoms. The fourth-order valence-electron chi connectivity index (χ4n) is 4.11. The third-order valence-electron chi connectivity index (χ3n) is 5.72. The van der Waals surface area contributed by atoms with Crippen molar-refractivity contribution < 1.29 is 13.2 Å². The highest BCUT2D eigenvalue weighted by atomic mass is 35.5. The predicted molar refractivity (Wildman–Crippen MR) is 122 cm³/mol. The highest BCUT2D eigenvalue weighted by molar-refractivity contribution is 7.89. The van der Waals surface area contributed by atoms with Crippen LogP contribution >= 0.6 is 22.9 Å². The van der Waals surface area contributed by atoms with Crippen LogP contribution < -0.4 is 0 Å². The molecule has 0 atom stereocenters. The Labute approximate surface area is 189 Å². The summed E-state index contributed by atoms with van der Waals surface area (Å²) in [5.41, 5.74) is 3.79. The van der Waals surface area contributed by atoms with Gasteiger partial charge in [0, 0.05) is 31.2 Å². The highest BCUT2D eigenvalue weighted by Gasteiger charge is 2.37. The molecule has 5 rings (SSSR count). The Bertz CT molecular complexity index is 1310. The van der Waals surface area contributed by atoms with Gasteiger partial charge in [-0.05, 0) is 54.0 Å². The second-order valence-corrected chi connectivity index (χ2v) is 11.5. The van der Waals surface area contributed by atoms with Crippen molar-refractivity contribution in [2.45, 2.75) is 18.2 Å². The lowest BCUT2D eigenvalue weighted by Gasteiger charge is -2.23. The van der Waals surface area contributed by atoms with E-state index >= 15 is 0 Å². The van der Waals surface area contributed by atoms with Crippen LogP contribution in [0.4, 0.5) is 0 Å². The number of carbonyl (C=O) groups excluding carboxylic acids is 1. The normalized spacial score (nSPS) is 17.0. The minimum atomic E-state index is -3.60. The number of aryl methyl sites for hydroxylation is 1. The number of hydrogen-bond acceptors (Lipinski definition) is 5. The van der Waals surface area contributed by atoms with Gasteiger partial charge in [-0.3, -0.25) is 4.79 Å². The van der Waals surface area contributed by atoms with Crippen LogP contribution in [0, 0.1) is 6.92 Å². The molecule has 0 aliphatic carbocycles. The number of sulfonamides is 1. The molecule has 2 aliphatic heterocycles. The number of amides is 1. The molecule has 0 fully saturated rings. The molecule has 0 radical (unpaired) electrons. The van der Waals surface area contributed by atoms with Gasteiger partial charge in [-0.25, -0.2) is 13.4 Å². The quantitative estimate of drug-likeness (QED) is 0.542. The van der Waals surface area contributed by atoms with E-state index in [0.717, 1.165) is 31.9 Å². The lowest BCUT2D eigenvalue weighted by atomic mass is 10.1. The molecular formula is C22H20ClN3O3S2. The average molecular weight is 474 g/mol. The smallest absolute Gasteiger partial charge is 0.243 e. The maximum absolute atomic E-state index is 13.2. The van der Waals surface area contributed by atoms with Crippen LogP contribution in [-0.2, 0) is 21.2 Å². The van der Waals surface area contributed by atoms with Gasteiger partial charge in [0.25, 0.3) is 0 Å². The molecule has 1 amide bonds. The Morgan fingerprint density at radius 2 is 1.74 bits per heavy atom. The van der Waals surface area contributed by atoms with Crippen LogP contribution in [0.15, 0.2) is 58.5 Å². The van der Waals surface area contributed by atoms with Crippen LogP contribution in [0.2, 0.25) is 5.02 Å². The second kappa shape index (κ2) is 7.70. The van der Waals surface area contributed by atoms with E-state index in [2.05, 4.69) is 4.98 Å². The maximum Gasteiger partial charge on any atom is 0.243 e. The Morgan fingerprint density at radius 1 is 1.06 bits per heavy atom. The molecule has 160 valence electrons. The van der Waals surface area contributed by atoms with Crippen LogP contribution in [0.3, 0.4) is 0 Å². The third kappa shape index (κ3) is 3.89. The van der Waals surface area contributed by atoms with Gasteiger partial charge in [0.15, 0.2) is 0 Å². The van der Waals surface area contributed by atoms with Crippen molar-refractivity contribution >= 4 is 49.1 Å². The summed E-state index contributed by atoms with van der Waals surface area (Å²) in [7, 11) is -3.60. The zero-order valence-electron chi connectivity index (χ0n) is 16.8. The van der Waals surface area contributed by atoms with Gasteiger partial charge in [-0.2, -0.15) is 4.31 Å². The minimum absolute atomic E-state index is 0.0390. The van der Waals surface area contributed by atoms with Crippen LogP contribution in [0.5, 0.6) is 0 Å². The van der Waals surface area contributed by atoms with Gasteiger partial charge in [0.1, 0.15) is 0 Å². The highest BCUT2D eigenvalue weighted by Crippen LogP contribution is 2.32. The van der Waals surface area contributed by atoms with E-state index in [1.54, 1.807) is 35.2 Å². The first-order valence-corrected chi connectivity index (χ1v) is 12.5. The van der Waals surface area contributed by atoms with Crippen LogP contribution in [-0.4, -0.2) is 54.7 Å². The molecule has 9 heteroatoms. The molecule has 2 aliphatic rings. The summed E-state index contributed by atoms with van der Waals surface area (Å²) in [5, 5.41) is 1.55. The van der Waals surface area contributed by atoms with Gasteiger partial charge in [-0.15, -0.1) is 11.3 Å². The number of aromatic nitrogens is 1. The minimum Gasteiger partial charge on any atom is -0.334 e. The van der Waals surface area contributed by atoms with Crippen molar-refractivity contribution in [2.24, 2.45) is 0 Å². The molecule has 2 aromatic carbocycles. The molecule has 6 nitrogen and oxygen atoms in total. The van der Waals surface area contributed by atoms with Crippen molar-refractivity contribution in [1.29, 1.82) is 0 Å². The Balaban J connectivity index is 1.26. The van der Waals surface area contributed by atoms with Crippen molar-refractivity contribution in [3.05, 3.63) is 69.2 Å². The lowest BCUT2D eigenvalue weighted by molar-refractivity contribution is -0.129.